The van der Waals surface area contributed by atoms with Crippen molar-refractivity contribution >= 4 is 17.3 Å². The van der Waals surface area contributed by atoms with Crippen molar-refractivity contribution in [2.75, 3.05) is 18.0 Å². The van der Waals surface area contributed by atoms with Gasteiger partial charge in [0.1, 0.15) is 11.5 Å². The van der Waals surface area contributed by atoms with Gasteiger partial charge in [0.05, 0.1) is 11.0 Å². The van der Waals surface area contributed by atoms with Gasteiger partial charge in [-0.15, -0.1) is 0 Å². The van der Waals surface area contributed by atoms with Crippen LogP contribution in [0.3, 0.4) is 0 Å². The van der Waals surface area contributed by atoms with E-state index < -0.39 is 16.7 Å². The average molecular weight is 296 g/mol. The second-order valence-corrected chi connectivity index (χ2v) is 5.38. The molecular weight excluding hydrogens is 279 g/mol. The molecule has 0 aliphatic carbocycles. The fourth-order valence-corrected chi connectivity index (χ4v) is 2.67. The molecule has 114 valence electrons. The molecule has 1 atom stereocenters. The number of halogens is 1. The van der Waals surface area contributed by atoms with Crippen LogP contribution >= 0.6 is 0 Å². The molecule has 21 heavy (non-hydrogen) atoms. The van der Waals surface area contributed by atoms with Crippen LogP contribution in [-0.4, -0.2) is 29.1 Å². The normalized spacial score (nSPS) is 18.0. The first-order valence-corrected chi connectivity index (χ1v) is 6.79. The number of carbonyl (C=O) groups is 1. The van der Waals surface area contributed by atoms with Crippen molar-refractivity contribution < 1.29 is 19.2 Å². The van der Waals surface area contributed by atoms with Crippen LogP contribution in [0, 0.1) is 28.8 Å². The van der Waals surface area contributed by atoms with Crippen molar-refractivity contribution in [3.05, 3.63) is 33.6 Å². The molecule has 1 fully saturated rings. The highest BCUT2D eigenvalue weighted by atomic mass is 19.1. The van der Waals surface area contributed by atoms with Crippen LogP contribution in [-0.2, 0) is 4.79 Å². The number of hydrogen-bond acceptors (Lipinski definition) is 4. The summed E-state index contributed by atoms with van der Waals surface area (Å²) in [6, 6.07) is 2.45. The molecule has 2 rings (SSSR count). The van der Waals surface area contributed by atoms with E-state index in [1.165, 1.54) is 6.07 Å². The lowest BCUT2D eigenvalue weighted by molar-refractivity contribution is -0.384. The van der Waals surface area contributed by atoms with Crippen LogP contribution < -0.4 is 4.90 Å². The highest BCUT2D eigenvalue weighted by Gasteiger charge is 2.28. The van der Waals surface area contributed by atoms with Gasteiger partial charge in [-0.05, 0) is 37.3 Å². The minimum atomic E-state index is -0.836. The largest absolute Gasteiger partial charge is 0.481 e. The van der Waals surface area contributed by atoms with Gasteiger partial charge in [-0.2, -0.15) is 0 Å². The first kappa shape index (κ1) is 15.2. The SMILES string of the molecule is Cc1cc(N2CCC(CCC(=O)O)C2)c([N+](=O)[O-])cc1F. The lowest BCUT2D eigenvalue weighted by Gasteiger charge is -2.19. The highest BCUT2D eigenvalue weighted by Crippen LogP contribution is 2.35. The molecule has 1 aliphatic heterocycles. The van der Waals surface area contributed by atoms with Gasteiger partial charge in [0.2, 0.25) is 0 Å². The lowest BCUT2D eigenvalue weighted by Crippen LogP contribution is -2.21. The van der Waals surface area contributed by atoms with E-state index in [4.69, 9.17) is 5.11 Å². The van der Waals surface area contributed by atoms with Gasteiger partial charge in [0.25, 0.3) is 5.69 Å². The zero-order valence-electron chi connectivity index (χ0n) is 11.7. The molecule has 1 N–H and O–H groups in total. The Morgan fingerprint density at radius 3 is 2.90 bits per heavy atom. The molecular formula is C14H17FN2O4. The van der Waals surface area contributed by atoms with E-state index in [2.05, 4.69) is 0 Å². The first-order chi connectivity index (χ1) is 9.88. The predicted octanol–water partition coefficient (Wildman–Crippen LogP) is 2.73. The molecule has 0 bridgehead atoms. The third kappa shape index (κ3) is 3.48. The molecule has 1 unspecified atom stereocenters. The Morgan fingerprint density at radius 1 is 1.57 bits per heavy atom. The Hall–Kier alpha value is -2.18. The number of benzene rings is 1. The third-order valence-corrected chi connectivity index (χ3v) is 3.85. The van der Waals surface area contributed by atoms with Crippen LogP contribution in [0.1, 0.15) is 24.8 Å². The van der Waals surface area contributed by atoms with Crippen LogP contribution in [0.5, 0.6) is 0 Å². The number of carboxylic acids is 1. The number of rotatable bonds is 5. The van der Waals surface area contributed by atoms with Crippen molar-refractivity contribution in [2.45, 2.75) is 26.2 Å². The summed E-state index contributed by atoms with van der Waals surface area (Å²) in [6.45, 7) is 2.76. The van der Waals surface area contributed by atoms with Crippen molar-refractivity contribution in [2.24, 2.45) is 5.92 Å². The van der Waals surface area contributed by atoms with E-state index in [1.54, 1.807) is 6.92 Å². The number of nitro groups is 1. The van der Waals surface area contributed by atoms with Gasteiger partial charge in [0.15, 0.2) is 0 Å². The van der Waals surface area contributed by atoms with Crippen molar-refractivity contribution in [1.82, 2.24) is 0 Å². The van der Waals surface area contributed by atoms with Crippen molar-refractivity contribution in [3.63, 3.8) is 0 Å². The molecule has 1 saturated heterocycles. The van der Waals surface area contributed by atoms with Gasteiger partial charge in [-0.1, -0.05) is 0 Å². The Bertz CT molecular complexity index is 576. The lowest BCUT2D eigenvalue weighted by atomic mass is 10.0. The quantitative estimate of drug-likeness (QED) is 0.667. The predicted molar refractivity (Wildman–Crippen MR) is 75.0 cm³/mol. The van der Waals surface area contributed by atoms with Gasteiger partial charge in [-0.3, -0.25) is 14.9 Å². The number of aryl methyl sites for hydroxylation is 1. The van der Waals surface area contributed by atoms with Crippen LogP contribution in [0.15, 0.2) is 12.1 Å². The number of nitro benzene ring substituents is 1. The summed E-state index contributed by atoms with van der Waals surface area (Å²) in [4.78, 5) is 22.9. The monoisotopic (exact) mass is 296 g/mol. The minimum absolute atomic E-state index is 0.100. The summed E-state index contributed by atoms with van der Waals surface area (Å²) in [5, 5.41) is 19.8. The molecule has 1 aromatic rings. The van der Waals surface area contributed by atoms with Crippen molar-refractivity contribution in [1.29, 1.82) is 0 Å². The number of hydrogen-bond donors (Lipinski definition) is 1. The Morgan fingerprint density at radius 2 is 2.29 bits per heavy atom. The summed E-state index contributed by atoms with van der Waals surface area (Å²) < 4.78 is 13.5. The number of carboxylic acid groups (broad SMARTS) is 1. The molecule has 0 amide bonds. The molecule has 0 saturated carbocycles. The zero-order valence-corrected chi connectivity index (χ0v) is 11.7. The molecule has 1 heterocycles. The number of nitrogens with zero attached hydrogens (tertiary/aromatic N) is 2. The Balaban J connectivity index is 2.17. The molecule has 1 aliphatic rings. The maximum Gasteiger partial charge on any atom is 0.303 e. The van der Waals surface area contributed by atoms with E-state index in [-0.39, 0.29) is 18.0 Å². The fraction of sp³-hybridized carbons (Fsp3) is 0.500. The Labute approximate surface area is 121 Å². The first-order valence-electron chi connectivity index (χ1n) is 6.79. The summed E-state index contributed by atoms with van der Waals surface area (Å²) in [7, 11) is 0. The molecule has 0 aromatic heterocycles. The smallest absolute Gasteiger partial charge is 0.303 e. The number of anilines is 1. The summed E-state index contributed by atoms with van der Waals surface area (Å²) in [6.07, 6.45) is 1.45. The van der Waals surface area contributed by atoms with Crippen LogP contribution in [0.25, 0.3) is 0 Å². The maximum absolute atomic E-state index is 13.5. The summed E-state index contributed by atoms with van der Waals surface area (Å²) in [5.41, 5.74) is 0.540. The third-order valence-electron chi connectivity index (χ3n) is 3.85. The van der Waals surface area contributed by atoms with E-state index in [1.807, 2.05) is 4.90 Å². The summed E-state index contributed by atoms with van der Waals surface area (Å²) in [5.74, 6) is -1.23. The minimum Gasteiger partial charge on any atom is -0.481 e. The summed E-state index contributed by atoms with van der Waals surface area (Å²) >= 11 is 0. The number of aliphatic carboxylic acids is 1. The van der Waals surface area contributed by atoms with E-state index in [9.17, 15) is 19.3 Å². The second kappa shape index (κ2) is 6.07. The molecule has 6 nitrogen and oxygen atoms in total. The van der Waals surface area contributed by atoms with E-state index >= 15 is 0 Å². The average Bonchev–Trinajstić information content (AvgIpc) is 2.87. The van der Waals surface area contributed by atoms with Gasteiger partial charge in [-0.25, -0.2) is 4.39 Å². The van der Waals surface area contributed by atoms with Gasteiger partial charge < -0.3 is 10.0 Å². The standard InChI is InChI=1S/C14H17FN2O4/c1-9-6-12(13(17(20)21)7-11(9)15)16-5-4-10(8-16)2-3-14(18)19/h6-7,10H,2-5,8H2,1H3,(H,18,19). The molecule has 7 heteroatoms. The molecule has 0 radical (unpaired) electrons. The van der Waals surface area contributed by atoms with Gasteiger partial charge >= 0.3 is 5.97 Å². The topological polar surface area (TPSA) is 83.7 Å². The fourth-order valence-electron chi connectivity index (χ4n) is 2.67. The maximum atomic E-state index is 13.5. The Kier molecular flexibility index (Phi) is 4.40. The van der Waals surface area contributed by atoms with Gasteiger partial charge in [0, 0.05) is 19.5 Å². The second-order valence-electron chi connectivity index (χ2n) is 5.38. The molecule has 1 aromatic carbocycles. The highest BCUT2D eigenvalue weighted by molar-refractivity contribution is 5.67. The molecule has 0 spiro atoms. The van der Waals surface area contributed by atoms with Crippen LogP contribution in [0.2, 0.25) is 0 Å². The van der Waals surface area contributed by atoms with Crippen LogP contribution in [0.4, 0.5) is 15.8 Å². The van der Waals surface area contributed by atoms with Crippen molar-refractivity contribution in [3.8, 4) is 0 Å². The van der Waals surface area contributed by atoms with E-state index in [0.29, 0.717) is 30.8 Å². The van der Waals surface area contributed by atoms with E-state index in [0.717, 1.165) is 12.5 Å². The zero-order chi connectivity index (χ0) is 15.6.